The molecule has 0 aliphatic carbocycles. The molecule has 6 heteroatoms. The number of hydrogen-bond acceptors (Lipinski definition) is 3. The van der Waals surface area contributed by atoms with Crippen LogP contribution in [-0.4, -0.2) is 42.6 Å². The molecule has 0 saturated carbocycles. The lowest BCUT2D eigenvalue weighted by molar-refractivity contribution is -0.117. The van der Waals surface area contributed by atoms with Gasteiger partial charge in [-0.1, -0.05) is 25.1 Å². The number of ether oxygens (including phenoxy) is 1. The van der Waals surface area contributed by atoms with E-state index >= 15 is 0 Å². The molecule has 0 bridgehead atoms. The third-order valence-electron chi connectivity index (χ3n) is 3.50. The Morgan fingerprint density at radius 2 is 2.19 bits per heavy atom. The summed E-state index contributed by atoms with van der Waals surface area (Å²) in [5.41, 5.74) is 6.57. The van der Waals surface area contributed by atoms with Crippen molar-refractivity contribution >= 4 is 17.6 Å². The molecule has 1 aliphatic rings. The highest BCUT2D eigenvalue weighted by atomic mass is 16.5. The minimum atomic E-state index is -0.422. The van der Waals surface area contributed by atoms with E-state index in [4.69, 9.17) is 10.5 Å². The molecule has 0 radical (unpaired) electrons. The van der Waals surface area contributed by atoms with Crippen LogP contribution in [0.15, 0.2) is 24.3 Å². The van der Waals surface area contributed by atoms with Crippen molar-refractivity contribution in [3.05, 3.63) is 29.8 Å². The van der Waals surface area contributed by atoms with E-state index in [1.165, 1.54) is 0 Å². The van der Waals surface area contributed by atoms with Crippen molar-refractivity contribution in [1.29, 1.82) is 0 Å². The van der Waals surface area contributed by atoms with Gasteiger partial charge in [0.2, 0.25) is 5.91 Å². The Balaban J connectivity index is 2.04. The molecule has 1 fully saturated rings. The second kappa shape index (κ2) is 7.08. The number of para-hydroxylation sites is 1. The zero-order valence-corrected chi connectivity index (χ0v) is 12.2. The average Bonchev–Trinajstić information content (AvgIpc) is 2.48. The number of morpholine rings is 1. The second-order valence-electron chi connectivity index (χ2n) is 5.08. The zero-order chi connectivity index (χ0) is 15.2. The van der Waals surface area contributed by atoms with Crippen LogP contribution in [-0.2, 0) is 16.0 Å². The Kier molecular flexibility index (Phi) is 5.16. The number of urea groups is 1. The minimum absolute atomic E-state index is 0.0883. The van der Waals surface area contributed by atoms with Crippen LogP contribution in [0.1, 0.15) is 18.9 Å². The van der Waals surface area contributed by atoms with Crippen molar-refractivity contribution in [3.63, 3.8) is 0 Å². The molecule has 0 aromatic heterocycles. The summed E-state index contributed by atoms with van der Waals surface area (Å²) < 4.78 is 5.55. The third-order valence-corrected chi connectivity index (χ3v) is 3.50. The van der Waals surface area contributed by atoms with Crippen molar-refractivity contribution in [2.45, 2.75) is 25.9 Å². The van der Waals surface area contributed by atoms with E-state index in [-0.39, 0.29) is 18.6 Å². The molecule has 1 heterocycles. The first-order chi connectivity index (χ1) is 10.1. The molecule has 0 spiro atoms. The standard InChI is InChI=1S/C15H21N3O3/c1-2-12-10-18(7-8-21-12)15(20)17-13-6-4-3-5-11(13)9-14(16)19/h3-6,12H,2,7-10H2,1H3,(H2,16,19)(H,17,20)/t12-/m1/s1. The van der Waals surface area contributed by atoms with Crippen LogP contribution < -0.4 is 11.1 Å². The molecule has 21 heavy (non-hydrogen) atoms. The van der Waals surface area contributed by atoms with E-state index in [1.807, 2.05) is 19.1 Å². The topological polar surface area (TPSA) is 84.7 Å². The number of benzene rings is 1. The summed E-state index contributed by atoms with van der Waals surface area (Å²) in [6, 6.07) is 7.01. The van der Waals surface area contributed by atoms with Gasteiger partial charge in [-0.25, -0.2) is 4.79 Å². The van der Waals surface area contributed by atoms with Crippen LogP contribution in [0.5, 0.6) is 0 Å². The van der Waals surface area contributed by atoms with E-state index < -0.39 is 5.91 Å². The van der Waals surface area contributed by atoms with Gasteiger partial charge in [-0.3, -0.25) is 4.79 Å². The molecule has 1 saturated heterocycles. The fraction of sp³-hybridized carbons (Fsp3) is 0.467. The molecule has 3 amide bonds. The van der Waals surface area contributed by atoms with Crippen LogP contribution in [0, 0.1) is 0 Å². The highest BCUT2D eigenvalue weighted by Gasteiger charge is 2.23. The highest BCUT2D eigenvalue weighted by Crippen LogP contribution is 2.17. The monoisotopic (exact) mass is 291 g/mol. The lowest BCUT2D eigenvalue weighted by Crippen LogP contribution is -2.47. The number of hydrogen-bond donors (Lipinski definition) is 2. The molecule has 0 unspecified atom stereocenters. The van der Waals surface area contributed by atoms with E-state index in [2.05, 4.69) is 5.32 Å². The van der Waals surface area contributed by atoms with Gasteiger partial charge < -0.3 is 20.7 Å². The molecule has 3 N–H and O–H groups in total. The first-order valence-corrected chi connectivity index (χ1v) is 7.14. The van der Waals surface area contributed by atoms with Gasteiger partial charge >= 0.3 is 6.03 Å². The van der Waals surface area contributed by atoms with Gasteiger partial charge in [-0.2, -0.15) is 0 Å². The molecule has 1 aromatic rings. The SMILES string of the molecule is CC[C@@H]1CN(C(=O)Nc2ccccc2CC(N)=O)CCO1. The molecule has 1 aliphatic heterocycles. The smallest absolute Gasteiger partial charge is 0.322 e. The lowest BCUT2D eigenvalue weighted by atomic mass is 10.1. The zero-order valence-electron chi connectivity index (χ0n) is 12.2. The quantitative estimate of drug-likeness (QED) is 0.878. The van der Waals surface area contributed by atoms with Crippen LogP contribution in [0.25, 0.3) is 0 Å². The Morgan fingerprint density at radius 1 is 1.43 bits per heavy atom. The number of primary amides is 1. The van der Waals surface area contributed by atoms with Gasteiger partial charge in [-0.15, -0.1) is 0 Å². The summed E-state index contributed by atoms with van der Waals surface area (Å²) in [4.78, 5) is 25.1. The number of nitrogens with two attached hydrogens (primary N) is 1. The third kappa shape index (κ3) is 4.19. The van der Waals surface area contributed by atoms with Gasteiger partial charge in [0.1, 0.15) is 0 Å². The van der Waals surface area contributed by atoms with Crippen LogP contribution >= 0.6 is 0 Å². The van der Waals surface area contributed by atoms with Gasteiger partial charge in [-0.05, 0) is 18.1 Å². The van der Waals surface area contributed by atoms with Gasteiger partial charge in [0.05, 0.1) is 19.1 Å². The summed E-state index contributed by atoms with van der Waals surface area (Å²) in [7, 11) is 0. The van der Waals surface area contributed by atoms with Crippen molar-refractivity contribution in [2.75, 3.05) is 25.0 Å². The predicted octanol–water partition coefficient (Wildman–Crippen LogP) is 1.36. The second-order valence-corrected chi connectivity index (χ2v) is 5.08. The maximum absolute atomic E-state index is 12.3. The number of nitrogens with one attached hydrogen (secondary N) is 1. The normalized spacial score (nSPS) is 18.3. The Bertz CT molecular complexity index is 519. The average molecular weight is 291 g/mol. The summed E-state index contributed by atoms with van der Waals surface area (Å²) in [5, 5.41) is 2.85. The van der Waals surface area contributed by atoms with Crippen molar-refractivity contribution in [3.8, 4) is 0 Å². The molecule has 1 aromatic carbocycles. The number of amides is 3. The number of nitrogens with zero attached hydrogens (tertiary/aromatic N) is 1. The predicted molar refractivity (Wildman–Crippen MR) is 80.0 cm³/mol. The van der Waals surface area contributed by atoms with E-state index in [9.17, 15) is 9.59 Å². The maximum Gasteiger partial charge on any atom is 0.322 e. The van der Waals surface area contributed by atoms with Crippen LogP contribution in [0.4, 0.5) is 10.5 Å². The fourth-order valence-electron chi connectivity index (χ4n) is 2.33. The van der Waals surface area contributed by atoms with E-state index in [0.717, 1.165) is 12.0 Å². The number of carbonyl (C=O) groups is 2. The van der Waals surface area contributed by atoms with Crippen LogP contribution in [0.3, 0.4) is 0 Å². The van der Waals surface area contributed by atoms with Crippen LogP contribution in [0.2, 0.25) is 0 Å². The summed E-state index contributed by atoms with van der Waals surface area (Å²) in [6.07, 6.45) is 1.07. The minimum Gasteiger partial charge on any atom is -0.375 e. The summed E-state index contributed by atoms with van der Waals surface area (Å²) in [5.74, 6) is -0.422. The largest absolute Gasteiger partial charge is 0.375 e. The first kappa shape index (κ1) is 15.3. The van der Waals surface area contributed by atoms with Gasteiger partial charge in [0.15, 0.2) is 0 Å². The Hall–Kier alpha value is -2.08. The first-order valence-electron chi connectivity index (χ1n) is 7.14. The fourth-order valence-corrected chi connectivity index (χ4v) is 2.33. The molecular formula is C15H21N3O3. The van der Waals surface area contributed by atoms with Gasteiger partial charge in [0.25, 0.3) is 0 Å². The van der Waals surface area contributed by atoms with Crippen molar-refractivity contribution in [2.24, 2.45) is 5.73 Å². The molecular weight excluding hydrogens is 270 g/mol. The Morgan fingerprint density at radius 3 is 2.90 bits per heavy atom. The lowest BCUT2D eigenvalue weighted by Gasteiger charge is -2.32. The number of rotatable bonds is 4. The summed E-state index contributed by atoms with van der Waals surface area (Å²) in [6.45, 7) is 3.74. The van der Waals surface area contributed by atoms with Crippen molar-refractivity contribution in [1.82, 2.24) is 4.90 Å². The molecule has 1 atom stereocenters. The maximum atomic E-state index is 12.3. The molecule has 2 rings (SSSR count). The highest BCUT2D eigenvalue weighted by molar-refractivity contribution is 5.91. The Labute approximate surface area is 124 Å². The number of carbonyl (C=O) groups excluding carboxylic acids is 2. The molecule has 6 nitrogen and oxygen atoms in total. The van der Waals surface area contributed by atoms with Gasteiger partial charge in [0, 0.05) is 18.8 Å². The number of anilines is 1. The summed E-state index contributed by atoms with van der Waals surface area (Å²) >= 11 is 0. The van der Waals surface area contributed by atoms with E-state index in [1.54, 1.807) is 17.0 Å². The van der Waals surface area contributed by atoms with E-state index in [0.29, 0.717) is 25.4 Å². The van der Waals surface area contributed by atoms with Crippen molar-refractivity contribution < 1.29 is 14.3 Å². The molecule has 114 valence electrons.